The Labute approximate surface area is 218 Å². The summed E-state index contributed by atoms with van der Waals surface area (Å²) >= 11 is 0. The lowest BCUT2D eigenvalue weighted by Crippen LogP contribution is -2.75. The molecule has 41 heavy (non-hydrogen) atoms. The summed E-state index contributed by atoms with van der Waals surface area (Å²) in [6, 6.07) is 0. The highest BCUT2D eigenvalue weighted by Crippen LogP contribution is 2.64. The molecule has 0 saturated heterocycles. The first kappa shape index (κ1) is 39.6. The monoisotopic (exact) mass is 692 g/mol. The van der Waals surface area contributed by atoms with E-state index in [1.165, 1.54) is 0 Å². The quantitative estimate of drug-likeness (QED) is 0.118. The second kappa shape index (κ2) is 11.9. The van der Waals surface area contributed by atoms with Crippen molar-refractivity contribution in [3.8, 4) is 0 Å². The lowest BCUT2D eigenvalue weighted by molar-refractivity contribution is -0.458. The Morgan fingerprint density at radius 3 is 1.22 bits per heavy atom. The minimum absolute atomic E-state index is 0.113. The smallest absolute Gasteiger partial charge is 0.317 e. The highest BCUT2D eigenvalue weighted by atomic mass is 32.2. The van der Waals surface area contributed by atoms with E-state index in [0.717, 1.165) is 0 Å². The summed E-state index contributed by atoms with van der Waals surface area (Å²) in [6.45, 7) is -1.71. The lowest BCUT2D eigenvalue weighted by Gasteiger charge is -2.42. The third kappa shape index (κ3) is 7.22. The Balaban J connectivity index is 5.86. The second-order valence-corrected chi connectivity index (χ2v) is 11.3. The molecule has 0 heterocycles. The molecule has 0 amide bonds. The van der Waals surface area contributed by atoms with E-state index in [1.807, 2.05) is 0 Å². The van der Waals surface area contributed by atoms with Crippen molar-refractivity contribution in [3.63, 3.8) is 0 Å². The van der Waals surface area contributed by atoms with Crippen molar-refractivity contribution in [3.05, 3.63) is 0 Å². The van der Waals surface area contributed by atoms with Crippen molar-refractivity contribution in [1.29, 1.82) is 0 Å². The zero-order chi connectivity index (χ0) is 33.4. The molecule has 0 bridgehead atoms. The fourth-order valence-corrected chi connectivity index (χ4v) is 4.06. The van der Waals surface area contributed by atoms with Crippen molar-refractivity contribution in [2.45, 2.75) is 66.2 Å². The van der Waals surface area contributed by atoms with E-state index < -0.39 is 85.8 Å². The fraction of sp³-hybridized carbons (Fsp3) is 1.00. The molecule has 3 N–H and O–H groups in total. The van der Waals surface area contributed by atoms with E-state index in [-0.39, 0.29) is 25.9 Å². The predicted molar refractivity (Wildman–Crippen MR) is 101 cm³/mol. The normalized spacial score (nSPS) is 15.9. The molecule has 0 aromatic rings. The zero-order valence-electron chi connectivity index (χ0n) is 19.3. The standard InChI is InChI=1S/C15H17F17N2O5S2/c16-8(17,10(20,21)12(24,25)14(28,29)30)9(18,19)11(22,23)13(26,27)15(31,32)41(38,39)34-6-2-1-4-33-5-3-7-40(35,36)37/h33-34H,1-7H2,(H,35,36,37). The van der Waals surface area contributed by atoms with Crippen molar-refractivity contribution < 1.29 is 96.0 Å². The number of alkyl halides is 17. The summed E-state index contributed by atoms with van der Waals surface area (Å²) in [5.41, 5.74) is 0. The van der Waals surface area contributed by atoms with Crippen molar-refractivity contribution in [2.24, 2.45) is 0 Å². The van der Waals surface area contributed by atoms with Gasteiger partial charge in [-0.2, -0.15) is 83.1 Å². The van der Waals surface area contributed by atoms with Crippen LogP contribution in [-0.4, -0.2) is 93.7 Å². The second-order valence-electron chi connectivity index (χ2n) is 7.96. The fourth-order valence-electron chi connectivity index (χ4n) is 2.49. The Morgan fingerprint density at radius 1 is 0.488 bits per heavy atom. The van der Waals surface area contributed by atoms with Gasteiger partial charge in [-0.25, -0.2) is 13.1 Å². The number of hydrogen-bond donors (Lipinski definition) is 3. The molecule has 0 saturated carbocycles. The van der Waals surface area contributed by atoms with E-state index in [4.69, 9.17) is 4.55 Å². The maximum absolute atomic E-state index is 13.9. The van der Waals surface area contributed by atoms with E-state index in [0.29, 0.717) is 4.72 Å². The van der Waals surface area contributed by atoms with Gasteiger partial charge in [-0.1, -0.05) is 0 Å². The topological polar surface area (TPSA) is 113 Å². The molecule has 7 nitrogen and oxygen atoms in total. The summed E-state index contributed by atoms with van der Waals surface area (Å²) in [5, 5.41) is -5.18. The SMILES string of the molecule is O=S(=O)(O)CCCNCCCCNS(=O)(=O)C(F)(F)C(F)(F)C(F)(F)C(F)(F)C(F)(F)C(F)(F)C(F)(F)C(F)(F)F. The largest absolute Gasteiger partial charge is 0.460 e. The van der Waals surface area contributed by atoms with Gasteiger partial charge in [-0.15, -0.1) is 0 Å². The first-order valence-electron chi connectivity index (χ1n) is 10.1. The third-order valence-corrected chi connectivity index (χ3v) is 7.18. The van der Waals surface area contributed by atoms with Gasteiger partial charge in [0.15, 0.2) is 0 Å². The minimum Gasteiger partial charge on any atom is -0.317 e. The molecule has 0 aliphatic carbocycles. The molecule has 0 aliphatic heterocycles. The van der Waals surface area contributed by atoms with Crippen LogP contribution in [0, 0.1) is 0 Å². The maximum Gasteiger partial charge on any atom is 0.460 e. The number of unbranched alkanes of at least 4 members (excludes halogenated alkanes) is 1. The molecule has 0 aromatic heterocycles. The minimum atomic E-state index is -8.89. The number of rotatable bonds is 17. The van der Waals surface area contributed by atoms with Crippen LogP contribution in [0.3, 0.4) is 0 Å². The first-order chi connectivity index (χ1) is 17.7. The Kier molecular flexibility index (Phi) is 11.5. The Hall–Kier alpha value is -1.41. The van der Waals surface area contributed by atoms with Crippen LogP contribution in [0.15, 0.2) is 0 Å². The lowest BCUT2D eigenvalue weighted by atomic mass is 9.91. The van der Waals surface area contributed by atoms with Crippen molar-refractivity contribution in [1.82, 2.24) is 10.0 Å². The molecule has 0 spiro atoms. The molecule has 26 heteroatoms. The highest BCUT2D eigenvalue weighted by Gasteiger charge is 2.96. The Bertz CT molecular complexity index is 1110. The summed E-state index contributed by atoms with van der Waals surface area (Å²) < 4.78 is 277. The van der Waals surface area contributed by atoms with Crippen LogP contribution < -0.4 is 10.0 Å². The molecule has 0 aliphatic rings. The summed E-state index contributed by atoms with van der Waals surface area (Å²) in [6.07, 6.45) is -9.03. The van der Waals surface area contributed by atoms with Gasteiger partial charge < -0.3 is 5.32 Å². The summed E-state index contributed by atoms with van der Waals surface area (Å²) in [5.74, 6) is -52.6. The van der Waals surface area contributed by atoms with Crippen LogP contribution in [-0.2, 0) is 20.1 Å². The molecule has 0 fully saturated rings. The highest BCUT2D eigenvalue weighted by molar-refractivity contribution is 7.90. The van der Waals surface area contributed by atoms with E-state index in [2.05, 4.69) is 5.32 Å². The molecule has 0 radical (unpaired) electrons. The van der Waals surface area contributed by atoms with Crippen LogP contribution in [0.1, 0.15) is 19.3 Å². The van der Waals surface area contributed by atoms with Crippen molar-refractivity contribution >= 4 is 20.1 Å². The van der Waals surface area contributed by atoms with Gasteiger partial charge in [0.2, 0.25) is 0 Å². The van der Waals surface area contributed by atoms with Gasteiger partial charge in [0.1, 0.15) is 0 Å². The predicted octanol–water partition coefficient (Wildman–Crippen LogP) is 4.52. The van der Waals surface area contributed by atoms with Crippen LogP contribution in [0.5, 0.6) is 0 Å². The molecule has 0 rings (SSSR count). The zero-order valence-corrected chi connectivity index (χ0v) is 20.9. The summed E-state index contributed by atoms with van der Waals surface area (Å²) in [4.78, 5) is 0. The summed E-state index contributed by atoms with van der Waals surface area (Å²) in [7, 11) is -11.7. The van der Waals surface area contributed by atoms with Crippen LogP contribution in [0.2, 0.25) is 0 Å². The molecule has 0 aromatic carbocycles. The number of sulfonamides is 1. The van der Waals surface area contributed by atoms with Crippen LogP contribution in [0.25, 0.3) is 0 Å². The van der Waals surface area contributed by atoms with Gasteiger partial charge >= 0.3 is 47.0 Å². The number of hydrogen-bond acceptors (Lipinski definition) is 5. The van der Waals surface area contributed by atoms with Gasteiger partial charge in [-0.3, -0.25) is 4.55 Å². The van der Waals surface area contributed by atoms with Crippen LogP contribution in [0.4, 0.5) is 74.6 Å². The van der Waals surface area contributed by atoms with E-state index >= 15 is 0 Å². The average molecular weight is 692 g/mol. The molecule has 248 valence electrons. The number of halogens is 17. The van der Waals surface area contributed by atoms with E-state index in [1.54, 1.807) is 0 Å². The molecular weight excluding hydrogens is 675 g/mol. The third-order valence-electron chi connectivity index (χ3n) is 4.86. The van der Waals surface area contributed by atoms with Crippen molar-refractivity contribution in [2.75, 3.05) is 25.4 Å². The van der Waals surface area contributed by atoms with Gasteiger partial charge in [0, 0.05) is 6.54 Å². The van der Waals surface area contributed by atoms with Gasteiger partial charge in [0.05, 0.1) is 5.75 Å². The maximum atomic E-state index is 13.9. The number of nitrogens with one attached hydrogen (secondary N) is 2. The van der Waals surface area contributed by atoms with Gasteiger partial charge in [0.25, 0.3) is 20.1 Å². The average Bonchev–Trinajstić information content (AvgIpc) is 2.75. The van der Waals surface area contributed by atoms with Crippen LogP contribution >= 0.6 is 0 Å². The van der Waals surface area contributed by atoms with E-state index in [9.17, 15) is 91.5 Å². The molecule has 0 atom stereocenters. The first-order valence-corrected chi connectivity index (χ1v) is 13.2. The van der Waals surface area contributed by atoms with Gasteiger partial charge in [-0.05, 0) is 32.4 Å². The Morgan fingerprint density at radius 2 is 0.829 bits per heavy atom. The molecular formula is C15H17F17N2O5S2. The molecule has 0 unspecified atom stereocenters.